The van der Waals surface area contributed by atoms with E-state index in [9.17, 15) is 0 Å². The highest BCUT2D eigenvalue weighted by atomic mass is 14.3. The first-order valence-electron chi connectivity index (χ1n) is 8.36. The Morgan fingerprint density at radius 3 is 2.04 bits per heavy atom. The summed E-state index contributed by atoms with van der Waals surface area (Å²) >= 11 is 0. The first kappa shape index (κ1) is 14.3. The van der Waals surface area contributed by atoms with Crippen LogP contribution in [0.3, 0.4) is 0 Å². The topological polar surface area (TPSA) is 0 Å². The minimum absolute atomic E-state index is 0.124. The molecule has 0 heteroatoms. The summed E-state index contributed by atoms with van der Waals surface area (Å²) in [5.41, 5.74) is 10.1. The predicted octanol–water partition coefficient (Wildman–Crippen LogP) is 6.22. The molecular weight excluding hydrogens is 276 g/mol. The van der Waals surface area contributed by atoms with Gasteiger partial charge in [0.25, 0.3) is 0 Å². The highest BCUT2D eigenvalue weighted by Gasteiger charge is 2.28. The van der Waals surface area contributed by atoms with Gasteiger partial charge in [-0.2, -0.15) is 0 Å². The minimum atomic E-state index is 0.124. The van der Waals surface area contributed by atoms with E-state index in [0.717, 1.165) is 6.42 Å². The van der Waals surface area contributed by atoms with Crippen molar-refractivity contribution in [2.24, 2.45) is 0 Å². The molecule has 0 aliphatic heterocycles. The summed E-state index contributed by atoms with van der Waals surface area (Å²) in [6.07, 6.45) is 1.05. The molecule has 0 amide bonds. The van der Waals surface area contributed by atoms with Crippen molar-refractivity contribution in [2.75, 3.05) is 0 Å². The van der Waals surface area contributed by atoms with E-state index in [-0.39, 0.29) is 5.41 Å². The van der Waals surface area contributed by atoms with Crippen LogP contribution in [0, 0.1) is 0 Å². The van der Waals surface area contributed by atoms with Crippen molar-refractivity contribution in [3.63, 3.8) is 0 Å². The summed E-state index contributed by atoms with van der Waals surface area (Å²) in [6.45, 7) is 6.99. The zero-order chi connectivity index (χ0) is 16.0. The lowest BCUT2D eigenvalue weighted by molar-refractivity contribution is 0.587. The summed E-state index contributed by atoms with van der Waals surface area (Å²) in [4.78, 5) is 0. The fourth-order valence-corrected chi connectivity index (χ4v) is 3.93. The Kier molecular flexibility index (Phi) is 3.16. The van der Waals surface area contributed by atoms with Crippen LogP contribution in [-0.2, 0) is 11.8 Å². The first-order valence-corrected chi connectivity index (χ1v) is 8.36. The maximum atomic E-state index is 2.33. The normalized spacial score (nSPS) is 12.8. The molecule has 0 N–H and O–H groups in total. The van der Waals surface area contributed by atoms with Gasteiger partial charge in [0.15, 0.2) is 0 Å². The SMILES string of the molecule is CC(C)(C)c1c(-c2ccccc2)ccc2c1Cc1ccccc1-2. The van der Waals surface area contributed by atoms with E-state index in [1.807, 2.05) is 0 Å². The van der Waals surface area contributed by atoms with Crippen molar-refractivity contribution in [1.29, 1.82) is 0 Å². The van der Waals surface area contributed by atoms with Crippen LogP contribution in [0.5, 0.6) is 0 Å². The summed E-state index contributed by atoms with van der Waals surface area (Å²) in [5, 5.41) is 0. The van der Waals surface area contributed by atoms with E-state index in [2.05, 4.69) is 87.5 Å². The largest absolute Gasteiger partial charge is 0.0622 e. The number of fused-ring (bicyclic) bond motifs is 3. The fourth-order valence-electron chi connectivity index (χ4n) is 3.93. The third kappa shape index (κ3) is 2.30. The molecule has 3 aromatic carbocycles. The molecule has 1 aliphatic rings. The molecule has 0 spiro atoms. The second kappa shape index (κ2) is 5.09. The summed E-state index contributed by atoms with van der Waals surface area (Å²) < 4.78 is 0. The van der Waals surface area contributed by atoms with Gasteiger partial charge in [0.05, 0.1) is 0 Å². The lowest BCUT2D eigenvalue weighted by Crippen LogP contribution is -2.16. The highest BCUT2D eigenvalue weighted by molar-refractivity contribution is 5.83. The Bertz CT molecular complexity index is 864. The van der Waals surface area contributed by atoms with E-state index >= 15 is 0 Å². The van der Waals surface area contributed by atoms with Gasteiger partial charge in [-0.3, -0.25) is 0 Å². The second-order valence-corrected chi connectivity index (χ2v) is 7.46. The fraction of sp³-hybridized carbons (Fsp3) is 0.217. The molecule has 0 atom stereocenters. The zero-order valence-electron chi connectivity index (χ0n) is 14.1. The van der Waals surface area contributed by atoms with Gasteiger partial charge in [0, 0.05) is 0 Å². The van der Waals surface area contributed by atoms with Gasteiger partial charge in [-0.05, 0) is 50.8 Å². The summed E-state index contributed by atoms with van der Waals surface area (Å²) in [6, 6.07) is 24.2. The summed E-state index contributed by atoms with van der Waals surface area (Å²) in [5.74, 6) is 0. The Hall–Kier alpha value is -2.34. The van der Waals surface area contributed by atoms with Gasteiger partial charge in [-0.15, -0.1) is 0 Å². The molecule has 0 heterocycles. The van der Waals surface area contributed by atoms with E-state index in [1.54, 1.807) is 0 Å². The number of hydrogen-bond acceptors (Lipinski definition) is 0. The number of benzene rings is 3. The van der Waals surface area contributed by atoms with Crippen molar-refractivity contribution in [3.8, 4) is 22.3 Å². The number of hydrogen-bond donors (Lipinski definition) is 0. The second-order valence-electron chi connectivity index (χ2n) is 7.46. The lowest BCUT2D eigenvalue weighted by Gasteiger charge is -2.27. The van der Waals surface area contributed by atoms with Crippen LogP contribution in [0.4, 0.5) is 0 Å². The van der Waals surface area contributed by atoms with Crippen molar-refractivity contribution in [2.45, 2.75) is 32.6 Å². The average Bonchev–Trinajstić information content (AvgIpc) is 2.92. The van der Waals surface area contributed by atoms with Crippen LogP contribution in [-0.4, -0.2) is 0 Å². The van der Waals surface area contributed by atoms with Gasteiger partial charge >= 0.3 is 0 Å². The van der Waals surface area contributed by atoms with E-state index in [4.69, 9.17) is 0 Å². The Balaban J connectivity index is 2.00. The Labute approximate surface area is 138 Å². The maximum absolute atomic E-state index is 2.33. The smallest absolute Gasteiger partial charge is 0.00103 e. The van der Waals surface area contributed by atoms with Crippen molar-refractivity contribution < 1.29 is 0 Å². The molecule has 0 saturated carbocycles. The molecule has 0 unspecified atom stereocenters. The van der Waals surface area contributed by atoms with Gasteiger partial charge in [-0.1, -0.05) is 87.5 Å². The predicted molar refractivity (Wildman–Crippen MR) is 98.8 cm³/mol. The van der Waals surface area contributed by atoms with E-state index in [0.29, 0.717) is 0 Å². The minimum Gasteiger partial charge on any atom is -0.0622 e. The molecule has 1 aliphatic carbocycles. The maximum Gasteiger partial charge on any atom is -0.00103 e. The van der Waals surface area contributed by atoms with Crippen LogP contribution in [0.2, 0.25) is 0 Å². The van der Waals surface area contributed by atoms with Gasteiger partial charge in [0.1, 0.15) is 0 Å². The third-order valence-electron chi connectivity index (χ3n) is 4.82. The standard InChI is InChI=1S/C23H22/c1-23(2,3)22-19(16-9-5-4-6-10-16)13-14-20-18-12-8-7-11-17(18)15-21(20)22/h4-14H,15H2,1-3H3. The van der Waals surface area contributed by atoms with Gasteiger partial charge < -0.3 is 0 Å². The van der Waals surface area contributed by atoms with Crippen LogP contribution in [0.1, 0.15) is 37.5 Å². The van der Waals surface area contributed by atoms with E-state index in [1.165, 1.54) is 38.9 Å². The first-order chi connectivity index (χ1) is 11.1. The van der Waals surface area contributed by atoms with Crippen molar-refractivity contribution in [1.82, 2.24) is 0 Å². The molecule has 3 aromatic rings. The molecule has 0 fully saturated rings. The van der Waals surface area contributed by atoms with Crippen LogP contribution in [0.25, 0.3) is 22.3 Å². The average molecular weight is 298 g/mol. The monoisotopic (exact) mass is 298 g/mol. The quantitative estimate of drug-likeness (QED) is 0.391. The van der Waals surface area contributed by atoms with Gasteiger partial charge in [-0.25, -0.2) is 0 Å². The molecule has 4 rings (SSSR count). The molecule has 0 saturated heterocycles. The van der Waals surface area contributed by atoms with Crippen LogP contribution >= 0.6 is 0 Å². The number of rotatable bonds is 1. The van der Waals surface area contributed by atoms with Crippen molar-refractivity contribution in [3.05, 3.63) is 83.4 Å². The Morgan fingerprint density at radius 1 is 0.652 bits per heavy atom. The summed E-state index contributed by atoms with van der Waals surface area (Å²) in [7, 11) is 0. The molecule has 0 radical (unpaired) electrons. The molecule has 114 valence electrons. The zero-order valence-corrected chi connectivity index (χ0v) is 14.1. The van der Waals surface area contributed by atoms with Crippen LogP contribution in [0.15, 0.2) is 66.7 Å². The molecule has 23 heavy (non-hydrogen) atoms. The van der Waals surface area contributed by atoms with Gasteiger partial charge in [0.2, 0.25) is 0 Å². The highest BCUT2D eigenvalue weighted by Crippen LogP contribution is 2.45. The molecule has 0 nitrogen and oxygen atoms in total. The molecular formula is C23H22. The van der Waals surface area contributed by atoms with Crippen LogP contribution < -0.4 is 0 Å². The Morgan fingerprint density at radius 2 is 1.30 bits per heavy atom. The molecule has 0 aromatic heterocycles. The van der Waals surface area contributed by atoms with Crippen molar-refractivity contribution >= 4 is 0 Å². The molecule has 0 bridgehead atoms. The lowest BCUT2D eigenvalue weighted by atomic mass is 9.77. The third-order valence-corrected chi connectivity index (χ3v) is 4.82. The van der Waals surface area contributed by atoms with E-state index < -0.39 is 0 Å².